The van der Waals surface area contributed by atoms with Crippen LogP contribution in [0.5, 0.6) is 0 Å². The quantitative estimate of drug-likeness (QED) is 0.802. The van der Waals surface area contributed by atoms with Crippen molar-refractivity contribution >= 4 is 5.91 Å². The molecule has 0 aromatic carbocycles. The molecule has 2 heterocycles. The van der Waals surface area contributed by atoms with Crippen LogP contribution in [0.15, 0.2) is 43.0 Å². The minimum Gasteiger partial charge on any atom is -0.348 e. The van der Waals surface area contributed by atoms with Crippen LogP contribution in [-0.2, 0) is 6.54 Å². The smallest absolute Gasteiger partial charge is 0.252 e. The van der Waals surface area contributed by atoms with Crippen LogP contribution in [0, 0.1) is 11.8 Å². The molecule has 0 unspecified atom stereocenters. The lowest BCUT2D eigenvalue weighted by molar-refractivity contribution is 0.0950. The first-order valence-corrected chi connectivity index (χ1v) is 6.11. The Bertz CT molecular complexity index is 644. The van der Waals surface area contributed by atoms with Gasteiger partial charge in [-0.25, -0.2) is 0 Å². The zero-order valence-electron chi connectivity index (χ0n) is 10.8. The normalized spacial score (nSPS) is 9.45. The molecular weight excluding hydrogens is 252 g/mol. The van der Waals surface area contributed by atoms with Gasteiger partial charge in [-0.2, -0.15) is 0 Å². The Kier molecular flexibility index (Phi) is 4.81. The number of nitrogens with one attached hydrogen (secondary N) is 1. The molecule has 5 nitrogen and oxygen atoms in total. The number of hydrogen-bond donors (Lipinski definition) is 2. The molecule has 0 spiro atoms. The number of nitrogens with two attached hydrogens (primary N) is 1. The fourth-order valence-electron chi connectivity index (χ4n) is 1.62. The highest BCUT2D eigenvalue weighted by atomic mass is 16.1. The molecule has 2 aromatic heterocycles. The molecule has 0 aliphatic heterocycles. The van der Waals surface area contributed by atoms with Gasteiger partial charge in [-0.15, -0.1) is 0 Å². The third kappa shape index (κ3) is 3.64. The van der Waals surface area contributed by atoms with Crippen molar-refractivity contribution in [2.45, 2.75) is 6.54 Å². The summed E-state index contributed by atoms with van der Waals surface area (Å²) in [6.45, 7) is 0.681. The Balaban J connectivity index is 2.09. The maximum absolute atomic E-state index is 12.1. The van der Waals surface area contributed by atoms with Gasteiger partial charge < -0.3 is 11.1 Å². The summed E-state index contributed by atoms with van der Waals surface area (Å²) in [4.78, 5) is 20.0. The number of aromatic nitrogens is 2. The molecular formula is C15H14N4O. The molecule has 0 aliphatic rings. The van der Waals surface area contributed by atoms with Crippen LogP contribution < -0.4 is 11.1 Å². The monoisotopic (exact) mass is 266 g/mol. The summed E-state index contributed by atoms with van der Waals surface area (Å²) in [7, 11) is 0. The van der Waals surface area contributed by atoms with Crippen LogP contribution in [0.25, 0.3) is 0 Å². The number of nitrogens with zero attached hydrogens (tertiary/aromatic N) is 2. The lowest BCUT2D eigenvalue weighted by Crippen LogP contribution is -2.23. The van der Waals surface area contributed by atoms with Crippen LogP contribution in [0.1, 0.15) is 21.5 Å². The largest absolute Gasteiger partial charge is 0.348 e. The van der Waals surface area contributed by atoms with E-state index in [2.05, 4.69) is 27.1 Å². The summed E-state index contributed by atoms with van der Waals surface area (Å²) in [6.07, 6.45) is 6.50. The van der Waals surface area contributed by atoms with Gasteiger partial charge in [0.2, 0.25) is 0 Å². The van der Waals surface area contributed by atoms with Crippen molar-refractivity contribution < 1.29 is 4.79 Å². The molecule has 100 valence electrons. The van der Waals surface area contributed by atoms with E-state index >= 15 is 0 Å². The van der Waals surface area contributed by atoms with E-state index in [4.69, 9.17) is 5.73 Å². The summed E-state index contributed by atoms with van der Waals surface area (Å²) < 4.78 is 0. The summed E-state index contributed by atoms with van der Waals surface area (Å²) in [6, 6.07) is 5.34. The second kappa shape index (κ2) is 7.02. The van der Waals surface area contributed by atoms with Gasteiger partial charge in [0.1, 0.15) is 0 Å². The molecule has 0 bridgehead atoms. The molecule has 5 heteroatoms. The van der Waals surface area contributed by atoms with E-state index in [9.17, 15) is 4.79 Å². The molecule has 0 saturated carbocycles. The molecule has 20 heavy (non-hydrogen) atoms. The van der Waals surface area contributed by atoms with E-state index in [1.807, 2.05) is 12.1 Å². The third-order valence-electron chi connectivity index (χ3n) is 2.59. The first-order valence-electron chi connectivity index (χ1n) is 6.11. The number of rotatable bonds is 3. The Morgan fingerprint density at radius 3 is 2.70 bits per heavy atom. The van der Waals surface area contributed by atoms with Gasteiger partial charge in [0.05, 0.1) is 17.7 Å². The topological polar surface area (TPSA) is 80.9 Å². The van der Waals surface area contributed by atoms with Gasteiger partial charge in [0.15, 0.2) is 0 Å². The number of hydrogen-bond acceptors (Lipinski definition) is 4. The van der Waals surface area contributed by atoms with Crippen LogP contribution in [-0.4, -0.2) is 22.4 Å². The summed E-state index contributed by atoms with van der Waals surface area (Å²) in [5, 5.41) is 2.84. The van der Waals surface area contributed by atoms with Crippen LogP contribution in [0.2, 0.25) is 0 Å². The summed E-state index contributed by atoms with van der Waals surface area (Å²) in [5.41, 5.74) is 7.39. The Hall–Kier alpha value is -2.71. The second-order valence-corrected chi connectivity index (χ2v) is 3.97. The standard InChI is InChI=1S/C15H14N4O/c16-6-1-2-13-11-18-9-5-14(13)15(20)19-10-12-3-7-17-8-4-12/h3-5,7-9,11H,6,10,16H2,(H,19,20). The van der Waals surface area contributed by atoms with E-state index < -0.39 is 0 Å². The number of amides is 1. The maximum Gasteiger partial charge on any atom is 0.252 e. The average molecular weight is 266 g/mol. The van der Waals surface area contributed by atoms with Crippen LogP contribution in [0.4, 0.5) is 0 Å². The Labute approximate surface area is 117 Å². The van der Waals surface area contributed by atoms with Gasteiger partial charge in [-0.05, 0) is 23.8 Å². The predicted octanol–water partition coefficient (Wildman–Crippen LogP) is 0.717. The van der Waals surface area contributed by atoms with Gasteiger partial charge in [-0.3, -0.25) is 14.8 Å². The highest BCUT2D eigenvalue weighted by molar-refractivity contribution is 5.96. The SMILES string of the molecule is NCC#Cc1cnccc1C(=O)NCc1ccncc1. The van der Waals surface area contributed by atoms with Gasteiger partial charge >= 0.3 is 0 Å². The molecule has 2 aromatic rings. The fraction of sp³-hybridized carbons (Fsp3) is 0.133. The van der Waals surface area contributed by atoms with E-state index in [0.717, 1.165) is 5.56 Å². The molecule has 0 atom stereocenters. The van der Waals surface area contributed by atoms with E-state index in [-0.39, 0.29) is 12.5 Å². The molecule has 3 N–H and O–H groups in total. The Morgan fingerprint density at radius 1 is 1.20 bits per heavy atom. The minimum atomic E-state index is -0.189. The van der Waals surface area contributed by atoms with Gasteiger partial charge in [0.25, 0.3) is 5.91 Å². The zero-order chi connectivity index (χ0) is 14.2. The molecule has 0 saturated heterocycles. The lowest BCUT2D eigenvalue weighted by Gasteiger charge is -2.06. The highest BCUT2D eigenvalue weighted by Gasteiger charge is 2.09. The van der Waals surface area contributed by atoms with Crippen molar-refractivity contribution in [2.24, 2.45) is 5.73 Å². The highest BCUT2D eigenvalue weighted by Crippen LogP contribution is 2.06. The second-order valence-electron chi connectivity index (χ2n) is 3.97. The first-order chi connectivity index (χ1) is 9.81. The molecule has 0 radical (unpaired) electrons. The molecule has 0 aliphatic carbocycles. The van der Waals surface area contributed by atoms with Crippen molar-refractivity contribution in [3.8, 4) is 11.8 Å². The first kappa shape index (κ1) is 13.7. The van der Waals surface area contributed by atoms with Crippen molar-refractivity contribution in [1.29, 1.82) is 0 Å². The maximum atomic E-state index is 12.1. The number of carbonyl (C=O) groups is 1. The zero-order valence-corrected chi connectivity index (χ0v) is 10.8. The predicted molar refractivity (Wildman–Crippen MR) is 75.6 cm³/mol. The van der Waals surface area contributed by atoms with E-state index in [1.165, 1.54) is 0 Å². The van der Waals surface area contributed by atoms with E-state index in [0.29, 0.717) is 17.7 Å². The fourth-order valence-corrected chi connectivity index (χ4v) is 1.62. The average Bonchev–Trinajstić information content (AvgIpc) is 2.52. The van der Waals surface area contributed by atoms with Crippen LogP contribution in [0.3, 0.4) is 0 Å². The minimum absolute atomic E-state index is 0.189. The van der Waals surface area contributed by atoms with E-state index in [1.54, 1.807) is 30.9 Å². The molecule has 2 rings (SSSR count). The van der Waals surface area contributed by atoms with Gasteiger partial charge in [-0.1, -0.05) is 11.8 Å². The van der Waals surface area contributed by atoms with Crippen molar-refractivity contribution in [3.63, 3.8) is 0 Å². The van der Waals surface area contributed by atoms with Crippen molar-refractivity contribution in [3.05, 3.63) is 59.7 Å². The summed E-state index contributed by atoms with van der Waals surface area (Å²) >= 11 is 0. The van der Waals surface area contributed by atoms with Crippen molar-refractivity contribution in [1.82, 2.24) is 15.3 Å². The molecule has 0 fully saturated rings. The number of pyridine rings is 2. The Morgan fingerprint density at radius 2 is 1.95 bits per heavy atom. The molecule has 1 amide bonds. The van der Waals surface area contributed by atoms with Crippen LogP contribution >= 0.6 is 0 Å². The number of carbonyl (C=O) groups excluding carboxylic acids is 1. The van der Waals surface area contributed by atoms with Crippen molar-refractivity contribution in [2.75, 3.05) is 6.54 Å². The summed E-state index contributed by atoms with van der Waals surface area (Å²) in [5.74, 6) is 5.38. The van der Waals surface area contributed by atoms with Gasteiger partial charge in [0, 0.05) is 31.3 Å². The lowest BCUT2D eigenvalue weighted by atomic mass is 10.1. The third-order valence-corrected chi connectivity index (χ3v) is 2.59.